The summed E-state index contributed by atoms with van der Waals surface area (Å²) in [6.45, 7) is 8.98. The van der Waals surface area contributed by atoms with Crippen molar-refractivity contribution in [3.63, 3.8) is 0 Å². The van der Waals surface area contributed by atoms with Gasteiger partial charge in [-0.05, 0) is 49.8 Å². The average molecular weight is 327 g/mol. The molecule has 24 heavy (non-hydrogen) atoms. The molecule has 1 aromatic carbocycles. The third-order valence-corrected chi connectivity index (χ3v) is 4.83. The maximum Gasteiger partial charge on any atom is 0.322 e. The van der Waals surface area contributed by atoms with Crippen LogP contribution in [0.2, 0.25) is 0 Å². The summed E-state index contributed by atoms with van der Waals surface area (Å²) in [4.78, 5) is 14.6. The zero-order valence-electron chi connectivity index (χ0n) is 14.8. The Balaban J connectivity index is 1.77. The van der Waals surface area contributed by atoms with E-state index in [1.165, 1.54) is 5.56 Å². The maximum absolute atomic E-state index is 12.8. The van der Waals surface area contributed by atoms with Gasteiger partial charge < -0.3 is 14.7 Å². The average Bonchev–Trinajstić information content (AvgIpc) is 3.19. The summed E-state index contributed by atoms with van der Waals surface area (Å²) in [5, 5.41) is 7.18. The Labute approximate surface area is 143 Å². The molecule has 0 aliphatic carbocycles. The summed E-state index contributed by atoms with van der Waals surface area (Å²) in [5.41, 5.74) is 4.07. The smallest absolute Gasteiger partial charge is 0.322 e. The fourth-order valence-electron chi connectivity index (χ4n) is 3.11. The highest BCUT2D eigenvalue weighted by Gasteiger charge is 2.33. The van der Waals surface area contributed by atoms with Crippen LogP contribution >= 0.6 is 0 Å². The van der Waals surface area contributed by atoms with E-state index in [1.807, 2.05) is 43.0 Å². The molecular weight excluding hydrogens is 302 g/mol. The van der Waals surface area contributed by atoms with Gasteiger partial charge in [0.2, 0.25) is 0 Å². The summed E-state index contributed by atoms with van der Waals surface area (Å²) in [6, 6.07) is 7.83. The molecule has 1 aromatic heterocycles. The van der Waals surface area contributed by atoms with Gasteiger partial charge in [-0.25, -0.2) is 4.79 Å². The molecule has 0 unspecified atom stereocenters. The number of aromatic nitrogens is 1. The lowest BCUT2D eigenvalue weighted by Gasteiger charge is -2.23. The van der Waals surface area contributed by atoms with Crippen molar-refractivity contribution >= 4 is 11.7 Å². The van der Waals surface area contributed by atoms with Gasteiger partial charge in [0.05, 0.1) is 11.7 Å². The quantitative estimate of drug-likeness (QED) is 0.882. The number of urea groups is 1. The molecule has 128 valence electrons. The lowest BCUT2D eigenvalue weighted by molar-refractivity contribution is 0.195. The first-order valence-corrected chi connectivity index (χ1v) is 8.57. The number of nitrogens with one attached hydrogen (secondary N) is 1. The molecule has 0 radical (unpaired) electrons. The van der Waals surface area contributed by atoms with Crippen molar-refractivity contribution in [3.8, 4) is 0 Å². The van der Waals surface area contributed by atoms with Crippen LogP contribution in [-0.2, 0) is 0 Å². The van der Waals surface area contributed by atoms with Gasteiger partial charge in [-0.1, -0.05) is 31.1 Å². The fourth-order valence-corrected chi connectivity index (χ4v) is 3.11. The first kappa shape index (κ1) is 16.6. The minimum Gasteiger partial charge on any atom is -0.359 e. The van der Waals surface area contributed by atoms with Gasteiger partial charge in [-0.2, -0.15) is 0 Å². The van der Waals surface area contributed by atoms with E-state index in [0.717, 1.165) is 42.1 Å². The Bertz CT molecular complexity index is 736. The van der Waals surface area contributed by atoms with Crippen LogP contribution in [0.1, 0.15) is 61.2 Å². The summed E-state index contributed by atoms with van der Waals surface area (Å²) in [5.74, 6) is 1.11. The standard InChI is InChI=1S/C19H25N3O2/c1-12(2)16-11-18(24-21-16)17-9-6-10-22(17)19(23)20-15-8-5-7-13(3)14(15)4/h5,7-8,11-12,17H,6,9-10H2,1-4H3,(H,20,23)/t17-/m1/s1. The van der Waals surface area contributed by atoms with Crippen molar-refractivity contribution in [2.24, 2.45) is 0 Å². The van der Waals surface area contributed by atoms with E-state index in [1.54, 1.807) is 0 Å². The molecule has 2 amide bonds. The van der Waals surface area contributed by atoms with Gasteiger partial charge in [0.25, 0.3) is 0 Å². The number of likely N-dealkylation sites (tertiary alicyclic amines) is 1. The topological polar surface area (TPSA) is 58.4 Å². The minimum atomic E-state index is -0.0753. The first-order chi connectivity index (χ1) is 11.5. The van der Waals surface area contributed by atoms with E-state index in [2.05, 4.69) is 24.3 Å². The SMILES string of the molecule is Cc1cccc(NC(=O)N2CCC[C@@H]2c2cc(C(C)C)no2)c1C. The van der Waals surface area contributed by atoms with E-state index in [9.17, 15) is 4.79 Å². The zero-order valence-corrected chi connectivity index (χ0v) is 14.8. The van der Waals surface area contributed by atoms with Gasteiger partial charge in [-0.15, -0.1) is 0 Å². The second kappa shape index (κ2) is 6.67. The molecule has 0 bridgehead atoms. The van der Waals surface area contributed by atoms with Crippen molar-refractivity contribution in [1.82, 2.24) is 10.1 Å². The third-order valence-electron chi connectivity index (χ3n) is 4.83. The van der Waals surface area contributed by atoms with Gasteiger partial charge in [0.15, 0.2) is 5.76 Å². The van der Waals surface area contributed by atoms with Crippen LogP contribution in [0.4, 0.5) is 10.5 Å². The Morgan fingerprint density at radius 3 is 2.88 bits per heavy atom. The van der Waals surface area contributed by atoms with Crippen LogP contribution in [0.5, 0.6) is 0 Å². The maximum atomic E-state index is 12.8. The van der Waals surface area contributed by atoms with Crippen molar-refractivity contribution < 1.29 is 9.32 Å². The Hall–Kier alpha value is -2.30. The lowest BCUT2D eigenvalue weighted by atomic mass is 10.1. The third kappa shape index (κ3) is 3.16. The van der Waals surface area contributed by atoms with E-state index in [-0.39, 0.29) is 12.1 Å². The Morgan fingerprint density at radius 2 is 2.17 bits per heavy atom. The number of aryl methyl sites for hydroxylation is 1. The molecule has 1 saturated heterocycles. The highest BCUT2D eigenvalue weighted by atomic mass is 16.5. The monoisotopic (exact) mass is 327 g/mol. The van der Waals surface area contributed by atoms with Crippen LogP contribution in [0.3, 0.4) is 0 Å². The number of anilines is 1. The molecule has 1 fully saturated rings. The number of nitrogens with zero attached hydrogens (tertiary/aromatic N) is 2. The van der Waals surface area contributed by atoms with Crippen molar-refractivity contribution in [3.05, 3.63) is 46.8 Å². The van der Waals surface area contributed by atoms with Crippen LogP contribution < -0.4 is 5.32 Å². The van der Waals surface area contributed by atoms with Crippen molar-refractivity contribution in [2.75, 3.05) is 11.9 Å². The van der Waals surface area contributed by atoms with Crippen LogP contribution in [0.25, 0.3) is 0 Å². The van der Waals surface area contributed by atoms with Gasteiger partial charge in [0.1, 0.15) is 0 Å². The normalized spacial score (nSPS) is 17.5. The number of amides is 2. The number of carbonyl (C=O) groups excluding carboxylic acids is 1. The molecule has 1 aliphatic rings. The number of hydrogen-bond donors (Lipinski definition) is 1. The van der Waals surface area contributed by atoms with Crippen LogP contribution in [-0.4, -0.2) is 22.6 Å². The molecule has 2 aromatic rings. The lowest BCUT2D eigenvalue weighted by Crippen LogP contribution is -2.34. The number of carbonyl (C=O) groups is 1. The molecular formula is C19H25N3O2. The summed E-state index contributed by atoms with van der Waals surface area (Å²) < 4.78 is 5.51. The molecule has 1 aliphatic heterocycles. The number of benzene rings is 1. The van der Waals surface area contributed by atoms with Crippen molar-refractivity contribution in [1.29, 1.82) is 0 Å². The van der Waals surface area contributed by atoms with E-state index >= 15 is 0 Å². The van der Waals surface area contributed by atoms with Gasteiger partial charge in [-0.3, -0.25) is 0 Å². The summed E-state index contributed by atoms with van der Waals surface area (Å²) >= 11 is 0. The van der Waals surface area contributed by atoms with E-state index in [4.69, 9.17) is 4.52 Å². The Kier molecular flexibility index (Phi) is 4.60. The van der Waals surface area contributed by atoms with Crippen LogP contribution in [0.15, 0.2) is 28.8 Å². The Morgan fingerprint density at radius 1 is 1.38 bits per heavy atom. The molecule has 1 atom stereocenters. The van der Waals surface area contributed by atoms with Gasteiger partial charge >= 0.3 is 6.03 Å². The molecule has 2 heterocycles. The zero-order chi connectivity index (χ0) is 17.3. The van der Waals surface area contributed by atoms with E-state index in [0.29, 0.717) is 5.92 Å². The molecule has 1 N–H and O–H groups in total. The predicted octanol–water partition coefficient (Wildman–Crippen LogP) is 4.78. The molecule has 3 rings (SSSR count). The number of rotatable bonds is 3. The highest BCUT2D eigenvalue weighted by Crippen LogP contribution is 2.34. The van der Waals surface area contributed by atoms with Gasteiger partial charge in [0, 0.05) is 18.3 Å². The fraction of sp³-hybridized carbons (Fsp3) is 0.474. The van der Waals surface area contributed by atoms with E-state index < -0.39 is 0 Å². The summed E-state index contributed by atoms with van der Waals surface area (Å²) in [7, 11) is 0. The molecule has 0 spiro atoms. The minimum absolute atomic E-state index is 0.0323. The molecule has 5 nitrogen and oxygen atoms in total. The second-order valence-electron chi connectivity index (χ2n) is 6.84. The second-order valence-corrected chi connectivity index (χ2v) is 6.84. The van der Waals surface area contributed by atoms with Crippen LogP contribution in [0, 0.1) is 13.8 Å². The summed E-state index contributed by atoms with van der Waals surface area (Å²) in [6.07, 6.45) is 1.88. The predicted molar refractivity (Wildman–Crippen MR) is 94.2 cm³/mol. The highest BCUT2D eigenvalue weighted by molar-refractivity contribution is 5.90. The first-order valence-electron chi connectivity index (χ1n) is 8.57. The van der Waals surface area contributed by atoms with Crippen molar-refractivity contribution in [2.45, 2.75) is 52.5 Å². The molecule has 0 saturated carbocycles. The number of hydrogen-bond acceptors (Lipinski definition) is 3. The molecule has 5 heteroatoms. The largest absolute Gasteiger partial charge is 0.359 e.